The largest absolute Gasteiger partial charge is 0.477 e. The van der Waals surface area contributed by atoms with Crippen LogP contribution in [0.15, 0.2) is 50.1 Å². The highest BCUT2D eigenvalue weighted by molar-refractivity contribution is 8.00. The maximum atomic E-state index is 13.0. The molecular formula is C21H18N6O6S2. The predicted octanol–water partition coefficient (Wildman–Crippen LogP) is 1.20. The molecule has 4 N–H and O–H groups in total. The summed E-state index contributed by atoms with van der Waals surface area (Å²) in [6.45, 7) is 0. The summed E-state index contributed by atoms with van der Waals surface area (Å²) >= 11 is 2.90. The van der Waals surface area contributed by atoms with Gasteiger partial charge in [-0.15, -0.1) is 23.1 Å². The van der Waals surface area contributed by atoms with Crippen LogP contribution in [0.3, 0.4) is 0 Å². The summed E-state index contributed by atoms with van der Waals surface area (Å²) in [6, 6.07) is 0.745. The number of nitrogen functional groups attached to an aromatic ring is 1. The van der Waals surface area contributed by atoms with Crippen LogP contribution in [0.5, 0.6) is 0 Å². The fourth-order valence-corrected chi connectivity index (χ4v) is 6.17. The molecule has 14 heteroatoms. The van der Waals surface area contributed by atoms with Gasteiger partial charge in [0, 0.05) is 28.1 Å². The van der Waals surface area contributed by atoms with Crippen molar-refractivity contribution < 1.29 is 28.7 Å². The van der Waals surface area contributed by atoms with Crippen LogP contribution in [0.1, 0.15) is 11.3 Å². The van der Waals surface area contributed by atoms with Crippen molar-refractivity contribution in [1.29, 1.82) is 0 Å². The van der Waals surface area contributed by atoms with E-state index in [1.54, 1.807) is 6.20 Å². The molecule has 3 aromatic rings. The molecule has 1 saturated heterocycles. The summed E-state index contributed by atoms with van der Waals surface area (Å²) in [6.07, 6.45) is 3.19. The van der Waals surface area contributed by atoms with E-state index in [4.69, 9.17) is 15.0 Å². The number of anilines is 1. The number of hydrogen-bond donors (Lipinski definition) is 3. The van der Waals surface area contributed by atoms with E-state index in [0.29, 0.717) is 17.7 Å². The van der Waals surface area contributed by atoms with Crippen LogP contribution in [0.4, 0.5) is 6.01 Å². The fraction of sp³-hybridized carbons (Fsp3) is 0.238. The van der Waals surface area contributed by atoms with Gasteiger partial charge >= 0.3 is 5.97 Å². The van der Waals surface area contributed by atoms with Crippen LogP contribution in [0, 0.1) is 0 Å². The van der Waals surface area contributed by atoms with Crippen LogP contribution < -0.4 is 11.1 Å². The van der Waals surface area contributed by atoms with E-state index in [-0.39, 0.29) is 23.1 Å². The van der Waals surface area contributed by atoms with E-state index in [9.17, 15) is 19.5 Å². The number of amides is 2. The number of carbonyl (C=O) groups excluding carboxylic acids is 2. The molecule has 1 unspecified atom stereocenters. The highest BCUT2D eigenvalue weighted by Gasteiger charge is 2.54. The molecule has 2 aliphatic heterocycles. The fourth-order valence-electron chi connectivity index (χ4n) is 4.03. The summed E-state index contributed by atoms with van der Waals surface area (Å²) in [7, 11) is 1.25. The molecular weight excluding hydrogens is 496 g/mol. The molecule has 0 spiro atoms. The molecule has 0 bridgehead atoms. The number of carboxylic acid groups (broad SMARTS) is 1. The number of fused-ring (bicyclic) bond motifs is 2. The van der Waals surface area contributed by atoms with E-state index < -0.39 is 29.2 Å². The third kappa shape index (κ3) is 4.00. The minimum Gasteiger partial charge on any atom is -0.477 e. The molecule has 2 amide bonds. The second-order valence-corrected chi connectivity index (χ2v) is 9.48. The third-order valence-corrected chi connectivity index (χ3v) is 7.65. The Morgan fingerprint density at radius 1 is 1.43 bits per heavy atom. The molecule has 180 valence electrons. The van der Waals surface area contributed by atoms with Crippen molar-refractivity contribution in [1.82, 2.24) is 20.2 Å². The number of thiophene rings is 1. The number of nitrogens with two attached hydrogens (primary N) is 1. The van der Waals surface area contributed by atoms with Gasteiger partial charge in [0.25, 0.3) is 17.8 Å². The minimum absolute atomic E-state index is 0.0345. The number of oxime groups is 1. The molecule has 1 fully saturated rings. The lowest BCUT2D eigenvalue weighted by Crippen LogP contribution is -2.71. The number of hydrogen-bond acceptors (Lipinski definition) is 11. The van der Waals surface area contributed by atoms with Crippen LogP contribution in [-0.2, 0) is 25.6 Å². The molecule has 2 atom stereocenters. The molecule has 12 nitrogen and oxygen atoms in total. The van der Waals surface area contributed by atoms with Crippen molar-refractivity contribution in [2.75, 3.05) is 18.6 Å². The van der Waals surface area contributed by atoms with Crippen molar-refractivity contribution in [3.05, 3.63) is 51.8 Å². The van der Waals surface area contributed by atoms with Crippen molar-refractivity contribution in [3.8, 4) is 0 Å². The van der Waals surface area contributed by atoms with Gasteiger partial charge in [0.05, 0.1) is 5.52 Å². The third-order valence-electron chi connectivity index (χ3n) is 5.58. The second kappa shape index (κ2) is 9.03. The zero-order chi connectivity index (χ0) is 24.7. The number of aliphatic carboxylic acids is 1. The van der Waals surface area contributed by atoms with Gasteiger partial charge in [0.1, 0.15) is 36.2 Å². The van der Waals surface area contributed by atoms with E-state index >= 15 is 0 Å². The molecule has 2 aliphatic rings. The standard InChI is InChI=1S/C21H18N6O6S2/c1-32-26-14(12-5-33-21(22)24-12)17(28)25-15-18(29)27-16(20(30)31)10(6-35-19(15)27)4-9-2-3-23-13-8-34-7-11(9)13/h2-3,5,7-8,15,19H,4,6H2,1H3,(H2,22,24)(H,25,28)(H,30,31)/t15?,19-/m0/s1. The number of rotatable bonds is 7. The number of thioether (sulfide) groups is 1. The Bertz CT molecular complexity index is 1410. The second-order valence-electron chi connectivity index (χ2n) is 7.63. The molecule has 5 rings (SSSR count). The summed E-state index contributed by atoms with van der Waals surface area (Å²) in [5.41, 5.74) is 7.62. The summed E-state index contributed by atoms with van der Waals surface area (Å²) < 4.78 is 4.91. The van der Waals surface area contributed by atoms with Gasteiger partial charge in [-0.3, -0.25) is 19.5 Å². The number of pyridine rings is 1. The summed E-state index contributed by atoms with van der Waals surface area (Å²) in [4.78, 5) is 52.1. The van der Waals surface area contributed by atoms with Gasteiger partial charge in [0.2, 0.25) is 0 Å². The van der Waals surface area contributed by atoms with Crippen LogP contribution in [-0.4, -0.2) is 67.7 Å². The van der Waals surface area contributed by atoms with Gasteiger partial charge in [-0.1, -0.05) is 5.16 Å². The molecule has 0 aliphatic carbocycles. The van der Waals surface area contributed by atoms with Crippen LogP contribution in [0.2, 0.25) is 0 Å². The zero-order valence-electron chi connectivity index (χ0n) is 18.1. The minimum atomic E-state index is -1.20. The molecule has 0 aromatic carbocycles. The topological polar surface area (TPSA) is 173 Å². The first-order chi connectivity index (χ1) is 16.9. The maximum absolute atomic E-state index is 13.0. The molecule has 5 heterocycles. The lowest BCUT2D eigenvalue weighted by Gasteiger charge is -2.49. The lowest BCUT2D eigenvalue weighted by atomic mass is 9.98. The predicted molar refractivity (Wildman–Crippen MR) is 127 cm³/mol. The Kier molecular flexibility index (Phi) is 5.90. The van der Waals surface area contributed by atoms with E-state index in [0.717, 1.165) is 22.7 Å². The summed E-state index contributed by atoms with van der Waals surface area (Å²) in [5, 5.41) is 20.5. The number of nitrogens with zero attached hydrogens (tertiary/aromatic N) is 4. The quantitative estimate of drug-likeness (QED) is 0.236. The lowest BCUT2D eigenvalue weighted by molar-refractivity contribution is -0.150. The number of aromatic nitrogens is 2. The highest BCUT2D eigenvalue weighted by atomic mass is 32.2. The number of nitrogens with one attached hydrogen (secondary N) is 1. The average molecular weight is 515 g/mol. The van der Waals surface area contributed by atoms with Gasteiger partial charge in [-0.25, -0.2) is 4.79 Å². The van der Waals surface area contributed by atoms with Gasteiger partial charge in [0.15, 0.2) is 5.71 Å². The van der Waals surface area contributed by atoms with Crippen LogP contribution in [0.25, 0.3) is 10.9 Å². The molecule has 0 radical (unpaired) electrons. The Labute approximate surface area is 205 Å². The number of carbonyl (C=O) groups is 3. The average Bonchev–Trinajstić information content (AvgIpc) is 3.49. The van der Waals surface area contributed by atoms with Crippen molar-refractivity contribution in [3.63, 3.8) is 0 Å². The van der Waals surface area contributed by atoms with Crippen molar-refractivity contribution >= 4 is 63.5 Å². The Balaban J connectivity index is 1.38. The van der Waals surface area contributed by atoms with E-state index in [1.807, 2.05) is 16.8 Å². The highest BCUT2D eigenvalue weighted by Crippen LogP contribution is 2.41. The Morgan fingerprint density at radius 2 is 2.26 bits per heavy atom. The first-order valence-electron chi connectivity index (χ1n) is 10.2. The van der Waals surface area contributed by atoms with Gasteiger partial charge in [-0.2, -0.15) is 4.98 Å². The van der Waals surface area contributed by atoms with E-state index in [2.05, 4.69) is 20.4 Å². The van der Waals surface area contributed by atoms with Crippen molar-refractivity contribution in [2.45, 2.75) is 17.8 Å². The smallest absolute Gasteiger partial charge is 0.352 e. The number of β-lactam (4-membered cyclic amide) rings is 1. The number of oxazole rings is 1. The Morgan fingerprint density at radius 3 is 2.97 bits per heavy atom. The normalized spacial score (nSPS) is 20.0. The monoisotopic (exact) mass is 514 g/mol. The zero-order valence-corrected chi connectivity index (χ0v) is 19.8. The number of carboxylic acids is 1. The van der Waals surface area contributed by atoms with Crippen molar-refractivity contribution in [2.24, 2.45) is 5.16 Å². The summed E-state index contributed by atoms with van der Waals surface area (Å²) in [5.74, 6) is -2.08. The first kappa shape index (κ1) is 22.9. The SMILES string of the molecule is CON=C(C(=O)NC1C(=O)N2C(C(=O)O)=C(Cc3ccnc4cscc34)CS[C@@H]12)c1coc(N)n1. The van der Waals surface area contributed by atoms with E-state index in [1.165, 1.54) is 35.1 Å². The molecule has 35 heavy (non-hydrogen) atoms. The molecule has 0 saturated carbocycles. The maximum Gasteiger partial charge on any atom is 0.352 e. The first-order valence-corrected chi connectivity index (χ1v) is 12.2. The Hall–Kier alpha value is -3.91. The van der Waals surface area contributed by atoms with Gasteiger partial charge in [-0.05, 0) is 23.6 Å². The van der Waals surface area contributed by atoms with Crippen LogP contribution >= 0.6 is 23.1 Å². The molecule has 3 aromatic heterocycles. The van der Waals surface area contributed by atoms with Gasteiger partial charge < -0.3 is 25.4 Å².